The zero-order valence-electron chi connectivity index (χ0n) is 11.5. The smallest absolute Gasteiger partial charge is 0.222 e. The van der Waals surface area contributed by atoms with E-state index in [1.807, 2.05) is 11.9 Å². The van der Waals surface area contributed by atoms with E-state index >= 15 is 0 Å². The van der Waals surface area contributed by atoms with Gasteiger partial charge in [0.1, 0.15) is 0 Å². The summed E-state index contributed by atoms with van der Waals surface area (Å²) in [5.41, 5.74) is 0. The maximum Gasteiger partial charge on any atom is 0.222 e. The Hall–Kier alpha value is -0.610. The predicted molar refractivity (Wildman–Crippen MR) is 71.4 cm³/mol. The molecule has 0 aromatic rings. The molecule has 0 aromatic heterocycles. The lowest BCUT2D eigenvalue weighted by atomic mass is 9.97. The summed E-state index contributed by atoms with van der Waals surface area (Å²) in [4.78, 5) is 13.9. The van der Waals surface area contributed by atoms with Gasteiger partial charge in [-0.1, -0.05) is 0 Å². The molecule has 4 heteroatoms. The molecule has 0 saturated carbocycles. The molecule has 0 radical (unpaired) electrons. The molecule has 1 amide bonds. The van der Waals surface area contributed by atoms with Gasteiger partial charge in [-0.2, -0.15) is 0 Å². The zero-order chi connectivity index (χ0) is 12.8. The van der Waals surface area contributed by atoms with Gasteiger partial charge in [0, 0.05) is 26.6 Å². The molecule has 104 valence electrons. The molecule has 2 fully saturated rings. The maximum atomic E-state index is 12.0. The Morgan fingerprint density at radius 1 is 1.33 bits per heavy atom. The van der Waals surface area contributed by atoms with Crippen molar-refractivity contribution in [2.45, 2.75) is 44.6 Å². The molecule has 2 aliphatic rings. The summed E-state index contributed by atoms with van der Waals surface area (Å²) >= 11 is 0. The summed E-state index contributed by atoms with van der Waals surface area (Å²) in [6, 6.07) is 0. The number of carbonyl (C=O) groups excluding carboxylic acids is 1. The lowest BCUT2D eigenvalue weighted by Crippen LogP contribution is -2.37. The van der Waals surface area contributed by atoms with Crippen molar-refractivity contribution in [3.05, 3.63) is 0 Å². The van der Waals surface area contributed by atoms with Crippen LogP contribution in [0.1, 0.15) is 38.5 Å². The van der Waals surface area contributed by atoms with Crippen LogP contribution in [-0.2, 0) is 9.53 Å². The number of rotatable bonds is 5. The van der Waals surface area contributed by atoms with Crippen LogP contribution in [0, 0.1) is 5.92 Å². The summed E-state index contributed by atoms with van der Waals surface area (Å²) in [6.07, 6.45) is 6.56. The zero-order valence-corrected chi connectivity index (χ0v) is 11.5. The van der Waals surface area contributed by atoms with E-state index in [4.69, 9.17) is 4.74 Å². The average Bonchev–Trinajstić information content (AvgIpc) is 2.90. The molecule has 0 aliphatic carbocycles. The van der Waals surface area contributed by atoms with E-state index in [1.54, 1.807) is 0 Å². The maximum absolute atomic E-state index is 12.0. The highest BCUT2D eigenvalue weighted by atomic mass is 16.5. The lowest BCUT2D eigenvalue weighted by molar-refractivity contribution is -0.131. The second kappa shape index (κ2) is 7.10. The second-order valence-corrected chi connectivity index (χ2v) is 5.64. The van der Waals surface area contributed by atoms with Crippen LogP contribution in [0.4, 0.5) is 0 Å². The van der Waals surface area contributed by atoms with Crippen molar-refractivity contribution in [1.29, 1.82) is 0 Å². The molecule has 4 nitrogen and oxygen atoms in total. The van der Waals surface area contributed by atoms with Crippen LogP contribution >= 0.6 is 0 Å². The van der Waals surface area contributed by atoms with E-state index in [2.05, 4.69) is 5.32 Å². The number of ether oxygens (including phenoxy) is 1. The van der Waals surface area contributed by atoms with Gasteiger partial charge in [-0.05, 0) is 51.1 Å². The third kappa shape index (κ3) is 4.25. The molecule has 1 atom stereocenters. The summed E-state index contributed by atoms with van der Waals surface area (Å²) in [6.45, 7) is 4.00. The van der Waals surface area contributed by atoms with Gasteiger partial charge >= 0.3 is 0 Å². The van der Waals surface area contributed by atoms with Crippen LogP contribution < -0.4 is 5.32 Å². The Balaban J connectivity index is 1.63. The Kier molecular flexibility index (Phi) is 5.45. The standard InChI is InChI=1S/C14H26N2O2/c1-16(11-12-6-8-15-9-7-12)14(17)5-4-13-3-2-10-18-13/h12-13,15H,2-11H2,1H3. The van der Waals surface area contributed by atoms with Crippen molar-refractivity contribution in [1.82, 2.24) is 10.2 Å². The topological polar surface area (TPSA) is 41.6 Å². The van der Waals surface area contributed by atoms with Crippen LogP contribution in [0.3, 0.4) is 0 Å². The number of hydrogen-bond acceptors (Lipinski definition) is 3. The Morgan fingerprint density at radius 3 is 2.78 bits per heavy atom. The van der Waals surface area contributed by atoms with Gasteiger partial charge in [0.05, 0.1) is 6.10 Å². The van der Waals surface area contributed by atoms with Crippen LogP contribution in [0.5, 0.6) is 0 Å². The SMILES string of the molecule is CN(CC1CCNCC1)C(=O)CCC1CCCO1. The van der Waals surface area contributed by atoms with Gasteiger partial charge in [0.2, 0.25) is 5.91 Å². The highest BCUT2D eigenvalue weighted by molar-refractivity contribution is 5.75. The first kappa shape index (κ1) is 13.8. The van der Waals surface area contributed by atoms with Crippen LogP contribution in [-0.4, -0.2) is 50.2 Å². The number of carbonyl (C=O) groups is 1. The molecule has 2 aliphatic heterocycles. The fraction of sp³-hybridized carbons (Fsp3) is 0.929. The van der Waals surface area contributed by atoms with Crippen LogP contribution in [0.15, 0.2) is 0 Å². The molecule has 0 bridgehead atoms. The molecule has 1 N–H and O–H groups in total. The predicted octanol–water partition coefficient (Wildman–Crippen LogP) is 1.40. The van der Waals surface area contributed by atoms with E-state index in [9.17, 15) is 4.79 Å². The number of piperidine rings is 1. The minimum Gasteiger partial charge on any atom is -0.378 e. The first-order valence-electron chi connectivity index (χ1n) is 7.32. The molecule has 2 heterocycles. The fourth-order valence-corrected chi connectivity index (χ4v) is 2.90. The van der Waals surface area contributed by atoms with Gasteiger partial charge in [-0.25, -0.2) is 0 Å². The van der Waals surface area contributed by atoms with Crippen molar-refractivity contribution in [3.8, 4) is 0 Å². The van der Waals surface area contributed by atoms with Gasteiger partial charge in [0.15, 0.2) is 0 Å². The molecular weight excluding hydrogens is 228 g/mol. The summed E-state index contributed by atoms with van der Waals surface area (Å²) in [7, 11) is 1.94. The van der Waals surface area contributed by atoms with Gasteiger partial charge in [0.25, 0.3) is 0 Å². The molecule has 0 aromatic carbocycles. The normalized spacial score (nSPS) is 25.3. The number of nitrogens with zero attached hydrogens (tertiary/aromatic N) is 1. The average molecular weight is 254 g/mol. The monoisotopic (exact) mass is 254 g/mol. The Bertz CT molecular complexity index is 259. The molecule has 18 heavy (non-hydrogen) atoms. The van der Waals surface area contributed by atoms with Crippen molar-refractivity contribution in [3.63, 3.8) is 0 Å². The van der Waals surface area contributed by atoms with E-state index < -0.39 is 0 Å². The molecule has 2 rings (SSSR count). The van der Waals surface area contributed by atoms with Crippen molar-refractivity contribution < 1.29 is 9.53 Å². The Labute approximate surface area is 110 Å². The third-order valence-electron chi connectivity index (χ3n) is 4.12. The Morgan fingerprint density at radius 2 is 2.11 bits per heavy atom. The number of amides is 1. The van der Waals surface area contributed by atoms with Gasteiger partial charge in [-0.15, -0.1) is 0 Å². The highest BCUT2D eigenvalue weighted by Crippen LogP contribution is 2.18. The van der Waals surface area contributed by atoms with Crippen molar-refractivity contribution in [2.24, 2.45) is 5.92 Å². The van der Waals surface area contributed by atoms with Crippen LogP contribution in [0.25, 0.3) is 0 Å². The second-order valence-electron chi connectivity index (χ2n) is 5.64. The van der Waals surface area contributed by atoms with Gasteiger partial charge < -0.3 is 15.0 Å². The molecule has 2 saturated heterocycles. The van der Waals surface area contributed by atoms with E-state index in [-0.39, 0.29) is 5.91 Å². The van der Waals surface area contributed by atoms with Crippen LogP contribution in [0.2, 0.25) is 0 Å². The third-order valence-corrected chi connectivity index (χ3v) is 4.12. The quantitative estimate of drug-likeness (QED) is 0.806. The molecular formula is C14H26N2O2. The number of hydrogen-bond donors (Lipinski definition) is 1. The minimum atomic E-state index is 0.282. The van der Waals surface area contributed by atoms with E-state index in [0.717, 1.165) is 45.5 Å². The first-order chi connectivity index (χ1) is 8.75. The van der Waals surface area contributed by atoms with Crippen molar-refractivity contribution in [2.75, 3.05) is 33.3 Å². The summed E-state index contributed by atoms with van der Waals surface area (Å²) in [5.74, 6) is 0.965. The van der Waals surface area contributed by atoms with E-state index in [0.29, 0.717) is 18.4 Å². The largest absolute Gasteiger partial charge is 0.378 e. The molecule has 1 unspecified atom stereocenters. The summed E-state index contributed by atoms with van der Waals surface area (Å²) in [5, 5.41) is 3.36. The highest BCUT2D eigenvalue weighted by Gasteiger charge is 2.20. The fourth-order valence-electron chi connectivity index (χ4n) is 2.90. The minimum absolute atomic E-state index is 0.282. The lowest BCUT2D eigenvalue weighted by Gasteiger charge is -2.27. The van der Waals surface area contributed by atoms with Gasteiger partial charge in [-0.3, -0.25) is 4.79 Å². The van der Waals surface area contributed by atoms with E-state index in [1.165, 1.54) is 12.8 Å². The summed E-state index contributed by atoms with van der Waals surface area (Å²) < 4.78 is 5.55. The molecule has 0 spiro atoms. The van der Waals surface area contributed by atoms with Crippen molar-refractivity contribution >= 4 is 5.91 Å². The first-order valence-corrected chi connectivity index (χ1v) is 7.32. The number of nitrogens with one attached hydrogen (secondary N) is 1.